The van der Waals surface area contributed by atoms with Crippen molar-refractivity contribution in [2.45, 2.75) is 32.2 Å². The van der Waals surface area contributed by atoms with E-state index in [1.54, 1.807) is 18.2 Å². The first-order chi connectivity index (χ1) is 12.7. The van der Waals surface area contributed by atoms with Crippen molar-refractivity contribution in [3.05, 3.63) is 57.6 Å². The molecule has 0 radical (unpaired) electrons. The average Bonchev–Trinajstić information content (AvgIpc) is 2.69. The van der Waals surface area contributed by atoms with Crippen LogP contribution in [0.2, 0.25) is 0 Å². The maximum atomic E-state index is 11.1. The van der Waals surface area contributed by atoms with E-state index in [1.165, 1.54) is 0 Å². The molecule has 2 aromatic carbocycles. The molecule has 1 unspecified atom stereocenters. The van der Waals surface area contributed by atoms with E-state index in [-0.39, 0.29) is 6.29 Å². The molecule has 1 aliphatic rings. The number of nitrogens with zero attached hydrogens (tertiary/aromatic N) is 1. The van der Waals surface area contributed by atoms with Gasteiger partial charge < -0.3 is 14.2 Å². The lowest BCUT2D eigenvalue weighted by molar-refractivity contribution is -0.169. The summed E-state index contributed by atoms with van der Waals surface area (Å²) >= 11 is 3.52. The first kappa shape index (κ1) is 18.6. The fraction of sp³-hybridized carbons (Fsp3) is 0.300. The molecule has 0 bridgehead atoms. The Morgan fingerprint density at radius 1 is 1.23 bits per heavy atom. The van der Waals surface area contributed by atoms with Gasteiger partial charge in [0.1, 0.15) is 11.5 Å². The number of carbonyl (C=O) groups is 1. The van der Waals surface area contributed by atoms with Gasteiger partial charge in [-0.05, 0) is 61.2 Å². The van der Waals surface area contributed by atoms with Crippen LogP contribution in [0.25, 0.3) is 0 Å². The van der Waals surface area contributed by atoms with Crippen LogP contribution in [0.3, 0.4) is 0 Å². The first-order valence-electron chi connectivity index (χ1n) is 8.38. The minimum Gasteiger partial charge on any atom is -0.457 e. The number of rotatable bonds is 6. The second-order valence-corrected chi connectivity index (χ2v) is 6.80. The number of aldehydes is 1. The Kier molecular flexibility index (Phi) is 6.40. The number of ether oxygens (including phenoxy) is 3. The molecule has 1 atom stereocenters. The normalized spacial score (nSPS) is 16.7. The minimum atomic E-state index is -0.158. The molecule has 26 heavy (non-hydrogen) atoms. The van der Waals surface area contributed by atoms with Crippen LogP contribution in [0.4, 0.5) is 0 Å². The summed E-state index contributed by atoms with van der Waals surface area (Å²) < 4.78 is 18.2. The topological polar surface area (TPSA) is 68.6 Å². The summed E-state index contributed by atoms with van der Waals surface area (Å²) in [5.41, 5.74) is 1.57. The summed E-state index contributed by atoms with van der Waals surface area (Å²) in [5, 5.41) is 8.98. The van der Waals surface area contributed by atoms with Crippen molar-refractivity contribution in [1.82, 2.24) is 0 Å². The Balaban J connectivity index is 1.70. The molecule has 1 heterocycles. The molecule has 134 valence electrons. The number of nitriles is 1. The van der Waals surface area contributed by atoms with Gasteiger partial charge >= 0.3 is 0 Å². The molecular weight excluding hydrogens is 398 g/mol. The molecule has 0 N–H and O–H groups in total. The van der Waals surface area contributed by atoms with Gasteiger partial charge in [-0.25, -0.2) is 0 Å². The lowest BCUT2D eigenvalue weighted by Gasteiger charge is -2.23. The van der Waals surface area contributed by atoms with Crippen LogP contribution in [-0.2, 0) is 16.1 Å². The van der Waals surface area contributed by atoms with Crippen LogP contribution >= 0.6 is 15.9 Å². The monoisotopic (exact) mass is 415 g/mol. The van der Waals surface area contributed by atoms with E-state index in [1.807, 2.05) is 24.3 Å². The van der Waals surface area contributed by atoms with Gasteiger partial charge in [0.2, 0.25) is 0 Å². The van der Waals surface area contributed by atoms with Crippen LogP contribution in [0.1, 0.15) is 40.7 Å². The highest BCUT2D eigenvalue weighted by atomic mass is 79.9. The first-order valence-corrected chi connectivity index (χ1v) is 9.17. The van der Waals surface area contributed by atoms with Crippen LogP contribution in [0.15, 0.2) is 40.9 Å². The van der Waals surface area contributed by atoms with Crippen molar-refractivity contribution in [1.29, 1.82) is 5.26 Å². The average molecular weight is 416 g/mol. The van der Waals surface area contributed by atoms with Crippen molar-refractivity contribution in [3.8, 4) is 17.6 Å². The largest absolute Gasteiger partial charge is 0.457 e. The van der Waals surface area contributed by atoms with Gasteiger partial charge in [-0.1, -0.05) is 15.9 Å². The fourth-order valence-electron chi connectivity index (χ4n) is 2.69. The summed E-state index contributed by atoms with van der Waals surface area (Å²) in [7, 11) is 0. The molecule has 5 nitrogen and oxygen atoms in total. The molecular formula is C20H18BrNO4. The highest BCUT2D eigenvalue weighted by Gasteiger charge is 2.15. The maximum Gasteiger partial charge on any atom is 0.158 e. The Morgan fingerprint density at radius 3 is 2.77 bits per heavy atom. The SMILES string of the molecule is N#Cc1ccc(Oc2ccc(Br)c(COC3CCCCO3)c2)cc1C=O. The summed E-state index contributed by atoms with van der Waals surface area (Å²) in [6.07, 6.45) is 3.60. The van der Waals surface area contributed by atoms with Gasteiger partial charge in [0.05, 0.1) is 18.2 Å². The molecule has 1 aliphatic heterocycles. The molecule has 1 saturated heterocycles. The van der Waals surface area contributed by atoms with E-state index < -0.39 is 0 Å². The molecule has 2 aromatic rings. The van der Waals surface area contributed by atoms with Crippen molar-refractivity contribution in [3.63, 3.8) is 0 Å². The fourth-order valence-corrected chi connectivity index (χ4v) is 3.05. The van der Waals surface area contributed by atoms with Gasteiger partial charge in [0.15, 0.2) is 12.6 Å². The van der Waals surface area contributed by atoms with Crippen molar-refractivity contribution in [2.24, 2.45) is 0 Å². The Bertz CT molecular complexity index is 825. The summed E-state index contributed by atoms with van der Waals surface area (Å²) in [4.78, 5) is 11.1. The summed E-state index contributed by atoms with van der Waals surface area (Å²) in [6.45, 7) is 1.15. The van der Waals surface area contributed by atoms with Crippen molar-refractivity contribution < 1.29 is 19.0 Å². The number of halogens is 1. The molecule has 6 heteroatoms. The number of carbonyl (C=O) groups excluding carboxylic acids is 1. The number of hydrogen-bond acceptors (Lipinski definition) is 5. The lowest BCUT2D eigenvalue weighted by atomic mass is 10.1. The van der Waals surface area contributed by atoms with Gasteiger partial charge in [-0.3, -0.25) is 4.79 Å². The zero-order valence-electron chi connectivity index (χ0n) is 14.1. The predicted molar refractivity (Wildman–Crippen MR) is 99.1 cm³/mol. The number of benzene rings is 2. The van der Waals surface area contributed by atoms with Gasteiger partial charge in [0, 0.05) is 16.6 Å². The predicted octanol–water partition coefficient (Wildman–Crippen LogP) is 4.97. The molecule has 0 spiro atoms. The molecule has 1 fully saturated rings. The minimum absolute atomic E-state index is 0.158. The van der Waals surface area contributed by atoms with E-state index in [2.05, 4.69) is 15.9 Å². The third-order valence-corrected chi connectivity index (χ3v) is 4.86. The highest BCUT2D eigenvalue weighted by Crippen LogP contribution is 2.29. The van der Waals surface area contributed by atoms with Gasteiger partial charge in [-0.2, -0.15) is 5.26 Å². The second-order valence-electron chi connectivity index (χ2n) is 5.94. The van der Waals surface area contributed by atoms with Gasteiger partial charge in [-0.15, -0.1) is 0 Å². The maximum absolute atomic E-state index is 11.1. The highest BCUT2D eigenvalue weighted by molar-refractivity contribution is 9.10. The molecule has 3 rings (SSSR count). The summed E-state index contributed by atoms with van der Waals surface area (Å²) in [5.74, 6) is 1.12. The summed E-state index contributed by atoms with van der Waals surface area (Å²) in [6, 6.07) is 12.4. The van der Waals surface area contributed by atoms with E-state index in [4.69, 9.17) is 19.5 Å². The standard InChI is InChI=1S/C20H18BrNO4/c21-19-7-6-18(10-16(19)13-25-20-3-1-2-8-24-20)26-17-5-4-14(11-22)15(9-17)12-23/h4-7,9-10,12,20H,1-3,8,13H2. The third-order valence-electron chi connectivity index (χ3n) is 4.09. The van der Waals surface area contributed by atoms with Crippen molar-refractivity contribution in [2.75, 3.05) is 6.61 Å². The lowest BCUT2D eigenvalue weighted by Crippen LogP contribution is -2.22. The smallest absolute Gasteiger partial charge is 0.158 e. The number of hydrogen-bond donors (Lipinski definition) is 0. The van der Waals surface area contributed by atoms with Crippen LogP contribution in [0, 0.1) is 11.3 Å². The Labute approximate surface area is 160 Å². The quantitative estimate of drug-likeness (QED) is 0.622. The molecule has 0 saturated carbocycles. The molecule has 0 amide bonds. The van der Waals surface area contributed by atoms with Crippen LogP contribution < -0.4 is 4.74 Å². The zero-order chi connectivity index (χ0) is 18.4. The molecule has 0 aromatic heterocycles. The van der Waals surface area contributed by atoms with E-state index in [0.717, 1.165) is 35.9 Å². The van der Waals surface area contributed by atoms with Crippen LogP contribution in [-0.4, -0.2) is 19.2 Å². The molecule has 0 aliphatic carbocycles. The zero-order valence-corrected chi connectivity index (χ0v) is 15.7. The van der Waals surface area contributed by atoms with E-state index >= 15 is 0 Å². The van der Waals surface area contributed by atoms with E-state index in [0.29, 0.717) is 35.5 Å². The third kappa shape index (κ3) is 4.70. The Hall–Kier alpha value is -2.20. The van der Waals surface area contributed by atoms with E-state index in [9.17, 15) is 4.79 Å². The van der Waals surface area contributed by atoms with Crippen molar-refractivity contribution >= 4 is 22.2 Å². The second kappa shape index (κ2) is 8.95. The van der Waals surface area contributed by atoms with Crippen LogP contribution in [0.5, 0.6) is 11.5 Å². The Morgan fingerprint density at radius 2 is 2.04 bits per heavy atom. The van der Waals surface area contributed by atoms with Gasteiger partial charge in [0.25, 0.3) is 0 Å².